The third-order valence-corrected chi connectivity index (χ3v) is 1.32. The van der Waals surface area contributed by atoms with Gasteiger partial charge >= 0.3 is 0 Å². The second-order valence-corrected chi connectivity index (χ2v) is 2.37. The number of hydrogen-bond acceptors (Lipinski definition) is 3. The quantitative estimate of drug-likeness (QED) is 0.645. The van der Waals surface area contributed by atoms with Crippen molar-refractivity contribution in [1.82, 2.24) is 9.97 Å². The van der Waals surface area contributed by atoms with Crippen LogP contribution in [-0.4, -0.2) is 15.8 Å². The first kappa shape index (κ1) is 7.85. The summed E-state index contributed by atoms with van der Waals surface area (Å²) in [5.74, 6) is 0.917. The maximum absolute atomic E-state index is 10.6. The fourth-order valence-corrected chi connectivity index (χ4v) is 0.747. The van der Waals surface area contributed by atoms with E-state index in [0.29, 0.717) is 12.8 Å². The van der Waals surface area contributed by atoms with Crippen LogP contribution in [0.15, 0.2) is 18.5 Å². The fourth-order valence-electron chi connectivity index (χ4n) is 0.747. The molecule has 0 aromatic carbocycles. The summed E-state index contributed by atoms with van der Waals surface area (Å²) in [7, 11) is 0. The number of aryl methyl sites for hydroxylation is 1. The number of carbonyl (C=O) groups excluding carboxylic acids is 1. The normalized spacial score (nSPS) is 9.55. The number of ketones is 1. The van der Waals surface area contributed by atoms with E-state index in [1.807, 2.05) is 0 Å². The van der Waals surface area contributed by atoms with Crippen molar-refractivity contribution in [1.29, 1.82) is 0 Å². The van der Waals surface area contributed by atoms with Crippen LogP contribution in [0.25, 0.3) is 0 Å². The Labute approximate surface area is 65.5 Å². The van der Waals surface area contributed by atoms with Crippen molar-refractivity contribution in [3.05, 3.63) is 24.3 Å². The lowest BCUT2D eigenvalue weighted by Crippen LogP contribution is -1.97. The van der Waals surface area contributed by atoms with Crippen molar-refractivity contribution in [3.63, 3.8) is 0 Å². The highest BCUT2D eigenvalue weighted by molar-refractivity contribution is 5.75. The molecule has 58 valence electrons. The van der Waals surface area contributed by atoms with Gasteiger partial charge in [-0.3, -0.25) is 0 Å². The molecule has 0 aliphatic heterocycles. The van der Waals surface area contributed by atoms with E-state index in [2.05, 4.69) is 9.97 Å². The lowest BCUT2D eigenvalue weighted by atomic mass is 10.2. The largest absolute Gasteiger partial charge is 0.300 e. The Morgan fingerprint density at radius 1 is 1.45 bits per heavy atom. The van der Waals surface area contributed by atoms with Gasteiger partial charge in [0.05, 0.1) is 0 Å². The first-order chi connectivity index (χ1) is 5.29. The van der Waals surface area contributed by atoms with Crippen LogP contribution in [-0.2, 0) is 11.2 Å². The van der Waals surface area contributed by atoms with Crippen LogP contribution in [0.5, 0.6) is 0 Å². The summed E-state index contributed by atoms with van der Waals surface area (Å²) in [6.45, 7) is 1.57. The van der Waals surface area contributed by atoms with Crippen molar-refractivity contribution >= 4 is 5.78 Å². The second kappa shape index (κ2) is 3.81. The molecule has 0 aliphatic carbocycles. The van der Waals surface area contributed by atoms with Gasteiger partial charge in [0.25, 0.3) is 0 Å². The zero-order chi connectivity index (χ0) is 8.10. The molecule has 0 aliphatic rings. The third kappa shape index (κ3) is 2.89. The van der Waals surface area contributed by atoms with Gasteiger partial charge in [-0.2, -0.15) is 0 Å². The summed E-state index contributed by atoms with van der Waals surface area (Å²) in [6, 6.07) is 1.76. The molecule has 1 aromatic rings. The number of rotatable bonds is 3. The van der Waals surface area contributed by atoms with Crippen molar-refractivity contribution in [2.75, 3.05) is 0 Å². The average Bonchev–Trinajstić information content (AvgIpc) is 2.03. The summed E-state index contributed by atoms with van der Waals surface area (Å²) in [6.07, 6.45) is 4.55. The first-order valence-electron chi connectivity index (χ1n) is 3.54. The van der Waals surface area contributed by atoms with E-state index in [1.165, 1.54) is 0 Å². The van der Waals surface area contributed by atoms with E-state index >= 15 is 0 Å². The summed E-state index contributed by atoms with van der Waals surface area (Å²) < 4.78 is 0. The van der Waals surface area contributed by atoms with Crippen molar-refractivity contribution in [2.24, 2.45) is 0 Å². The number of Topliss-reactive ketones (excluding diaryl/α,β-unsaturated/α-hetero) is 1. The smallest absolute Gasteiger partial charge is 0.130 e. The van der Waals surface area contributed by atoms with Gasteiger partial charge in [-0.1, -0.05) is 0 Å². The molecule has 0 fully saturated rings. The molecule has 3 heteroatoms. The Kier molecular flexibility index (Phi) is 2.72. The predicted octanol–water partition coefficient (Wildman–Crippen LogP) is 0.998. The molecule has 0 spiro atoms. The molecule has 0 atom stereocenters. The van der Waals surface area contributed by atoms with Gasteiger partial charge in [0.2, 0.25) is 0 Å². The third-order valence-electron chi connectivity index (χ3n) is 1.32. The van der Waals surface area contributed by atoms with E-state index in [-0.39, 0.29) is 5.78 Å². The van der Waals surface area contributed by atoms with Gasteiger partial charge in [-0.15, -0.1) is 0 Å². The van der Waals surface area contributed by atoms with Crippen LogP contribution < -0.4 is 0 Å². The maximum Gasteiger partial charge on any atom is 0.130 e. The second-order valence-electron chi connectivity index (χ2n) is 2.37. The molecular weight excluding hydrogens is 140 g/mol. The molecule has 0 amide bonds. The highest BCUT2D eigenvalue weighted by atomic mass is 16.1. The minimum atomic E-state index is 0.178. The highest BCUT2D eigenvalue weighted by Gasteiger charge is 1.96. The lowest BCUT2D eigenvalue weighted by Gasteiger charge is -1.94. The molecule has 0 N–H and O–H groups in total. The Morgan fingerprint density at radius 3 is 2.64 bits per heavy atom. The van der Waals surface area contributed by atoms with E-state index < -0.39 is 0 Å². The predicted molar refractivity (Wildman–Crippen MR) is 41.0 cm³/mol. The summed E-state index contributed by atoms with van der Waals surface area (Å²) in [4.78, 5) is 18.5. The molecule has 0 saturated carbocycles. The number of hydrogen-bond donors (Lipinski definition) is 0. The van der Waals surface area contributed by atoms with Crippen LogP contribution in [0, 0.1) is 0 Å². The molecule has 11 heavy (non-hydrogen) atoms. The van der Waals surface area contributed by atoms with Crippen LogP contribution in [0.4, 0.5) is 0 Å². The Hall–Kier alpha value is -1.25. The minimum absolute atomic E-state index is 0.178. The molecule has 1 rings (SSSR count). The number of nitrogens with zero attached hydrogens (tertiary/aromatic N) is 2. The summed E-state index contributed by atoms with van der Waals surface area (Å²) >= 11 is 0. The monoisotopic (exact) mass is 150 g/mol. The Balaban J connectivity index is 2.45. The Morgan fingerprint density at radius 2 is 2.09 bits per heavy atom. The van der Waals surface area contributed by atoms with Gasteiger partial charge in [0.15, 0.2) is 0 Å². The van der Waals surface area contributed by atoms with Gasteiger partial charge in [-0.05, 0) is 13.0 Å². The zero-order valence-corrected chi connectivity index (χ0v) is 6.45. The van der Waals surface area contributed by atoms with E-state index in [1.54, 1.807) is 25.4 Å². The van der Waals surface area contributed by atoms with Crippen molar-refractivity contribution < 1.29 is 4.79 Å². The van der Waals surface area contributed by atoms with E-state index in [0.717, 1.165) is 5.82 Å². The van der Waals surface area contributed by atoms with Crippen LogP contribution in [0.3, 0.4) is 0 Å². The molecule has 3 nitrogen and oxygen atoms in total. The molecule has 0 radical (unpaired) electrons. The van der Waals surface area contributed by atoms with Crippen molar-refractivity contribution in [3.8, 4) is 0 Å². The van der Waals surface area contributed by atoms with Crippen LogP contribution in [0.2, 0.25) is 0 Å². The van der Waals surface area contributed by atoms with Crippen LogP contribution in [0.1, 0.15) is 19.2 Å². The number of carbonyl (C=O) groups is 1. The zero-order valence-electron chi connectivity index (χ0n) is 6.45. The van der Waals surface area contributed by atoms with Crippen LogP contribution >= 0.6 is 0 Å². The molecule has 0 unspecified atom stereocenters. The summed E-state index contributed by atoms with van der Waals surface area (Å²) in [5.41, 5.74) is 0. The molecule has 1 heterocycles. The molecule has 0 saturated heterocycles. The summed E-state index contributed by atoms with van der Waals surface area (Å²) in [5, 5.41) is 0. The molecule has 1 aromatic heterocycles. The molecular formula is C8H10N2O. The standard InChI is InChI=1S/C8H10N2O/c1-7(11)3-4-8-9-5-2-6-10-8/h2,5-6H,3-4H2,1H3. The van der Waals surface area contributed by atoms with Gasteiger partial charge in [-0.25, -0.2) is 9.97 Å². The van der Waals surface area contributed by atoms with Gasteiger partial charge in [0, 0.05) is 25.2 Å². The first-order valence-corrected chi connectivity index (χ1v) is 3.54. The lowest BCUT2D eigenvalue weighted by molar-refractivity contribution is -0.117. The average molecular weight is 150 g/mol. The maximum atomic E-state index is 10.6. The fraction of sp³-hybridized carbons (Fsp3) is 0.375. The minimum Gasteiger partial charge on any atom is -0.300 e. The Bertz CT molecular complexity index is 233. The SMILES string of the molecule is CC(=O)CCc1ncccn1. The van der Waals surface area contributed by atoms with E-state index in [4.69, 9.17) is 0 Å². The number of aromatic nitrogens is 2. The van der Waals surface area contributed by atoms with Gasteiger partial charge < -0.3 is 4.79 Å². The van der Waals surface area contributed by atoms with Gasteiger partial charge in [0.1, 0.15) is 11.6 Å². The van der Waals surface area contributed by atoms with E-state index in [9.17, 15) is 4.79 Å². The topological polar surface area (TPSA) is 42.9 Å². The van der Waals surface area contributed by atoms with Crippen molar-refractivity contribution in [2.45, 2.75) is 19.8 Å². The highest BCUT2D eigenvalue weighted by Crippen LogP contribution is 1.93. The molecule has 0 bridgehead atoms.